The molecule has 13 aromatic rings. The van der Waals surface area contributed by atoms with Gasteiger partial charge in [0.25, 0.3) is 28.5 Å². The van der Waals surface area contributed by atoms with Crippen LogP contribution in [0.15, 0.2) is 238 Å². The molecule has 0 radical (unpaired) electrons. The molecule has 0 aliphatic rings. The standard InChI is InChI=1S/C24H17ClN6O2.C16H14N6.C10H9ClO3.C8H4Cl2O2.C8H5ClO3.C6H5Cl.C4H5ClO3.CH4.Li.H2O/c1-30-12-18(11-27-30)17-10-21-22(26-14-28-31(21)13-17)15-4-8-20(9-5-15)29-24(33)23(32)16-2-6-19(25)7-3-16;1-21-8-13(7-19-21)12-6-15-16(18-10-20-22(15)9-12)11-2-4-14(17)5-3-11;1-2-14-10(13)9(12)7-3-5-8(11)6-4-7;9-6-3-1-5(2-4-6)7(11)8(10)12;9-6-3-1-5(2-4-6)7(10)8(11)12;7-6-4-2-1-3-5-6;1-2-8-4(7)3(5)6;;;/h2-14H,1H3,(H,29,33);2-10H,17H2,1H3;3-6H,2H2,1H3;1-4H;1-4H,(H,11,12);1-5H;2H2,1H3;1H4;;1H2/q;;;;;;;;+1;/p-1. The number of nitrogens with two attached hydrogens (primary N) is 1. The predicted octanol–water partition coefficient (Wildman–Crippen LogP) is 12.7. The number of aryl methyl sites for hydroxylation is 2. The summed E-state index contributed by atoms with van der Waals surface area (Å²) in [4.78, 5) is 118. The largest absolute Gasteiger partial charge is 1.00 e. The second-order valence-electron chi connectivity index (χ2n) is 21.7. The van der Waals surface area contributed by atoms with Gasteiger partial charge in [-0.25, -0.2) is 33.4 Å². The number of carbonyl (C=O) groups excluding carboxylic acids is 9. The topological polar surface area (TPSA) is 373 Å². The third-order valence-corrected chi connectivity index (χ3v) is 15.7. The molecule has 0 aliphatic heterocycles. The molecule has 5 N–H and O–H groups in total. The molecule has 0 atom stereocenters. The van der Waals surface area contributed by atoms with Crippen LogP contribution < -0.4 is 29.9 Å². The summed E-state index contributed by atoms with van der Waals surface area (Å²) in [7, 11) is 3.77. The summed E-state index contributed by atoms with van der Waals surface area (Å²) in [5.41, 5.74) is 17.3. The van der Waals surface area contributed by atoms with Crippen LogP contribution in [0.4, 0.5) is 11.4 Å². The summed E-state index contributed by atoms with van der Waals surface area (Å²) in [5, 5.41) is 28.7. The van der Waals surface area contributed by atoms with Gasteiger partial charge in [0, 0.05) is 131 Å². The second kappa shape index (κ2) is 45.5. The van der Waals surface area contributed by atoms with Crippen LogP contribution in [0.2, 0.25) is 25.1 Å². The number of fused-ring (bicyclic) bond motifs is 2. The maximum Gasteiger partial charge on any atom is 1.00 e. The quantitative estimate of drug-likeness (QED) is 0.0202. The van der Waals surface area contributed by atoms with Gasteiger partial charge >= 0.3 is 42.0 Å². The minimum Gasteiger partial charge on any atom is -0.870 e. The molecule has 6 aromatic heterocycles. The molecule has 111 heavy (non-hydrogen) atoms. The van der Waals surface area contributed by atoms with Crippen molar-refractivity contribution >= 4 is 161 Å². The van der Waals surface area contributed by atoms with Gasteiger partial charge in [0.15, 0.2) is 0 Å². The fraction of sp³-hybridized carbons (Fsp3) is 0.0909. The molecule has 0 bridgehead atoms. The fourth-order valence-corrected chi connectivity index (χ4v) is 9.80. The van der Waals surface area contributed by atoms with Crippen molar-refractivity contribution in [3.8, 4) is 44.8 Å². The van der Waals surface area contributed by atoms with E-state index >= 15 is 0 Å². The molecule has 0 saturated heterocycles. The molecule has 0 unspecified atom stereocenters. The summed E-state index contributed by atoms with van der Waals surface area (Å²) < 4.78 is 15.9. The molecule has 26 nitrogen and oxygen atoms in total. The van der Waals surface area contributed by atoms with Crippen molar-refractivity contribution < 1.29 is 86.9 Å². The minimum atomic E-state index is -1.46. The van der Waals surface area contributed by atoms with Crippen molar-refractivity contribution in [3.63, 3.8) is 0 Å². The number of aliphatic carboxylic acids is 1. The van der Waals surface area contributed by atoms with Gasteiger partial charge < -0.3 is 31.1 Å². The number of halogens is 7. The number of ether oxygens (including phenoxy) is 2. The number of nitrogen functional groups attached to an aromatic ring is 1. The molecule has 0 spiro atoms. The van der Waals surface area contributed by atoms with Gasteiger partial charge in [-0.1, -0.05) is 108 Å². The summed E-state index contributed by atoms with van der Waals surface area (Å²) in [6.07, 6.45) is 14.5. The smallest absolute Gasteiger partial charge is 0.870 e. The molecular weight excluding hydrogens is 1570 g/mol. The first-order valence-electron chi connectivity index (χ1n) is 31.4. The van der Waals surface area contributed by atoms with Crippen LogP contribution in [0, 0.1) is 0 Å². The van der Waals surface area contributed by atoms with Crippen molar-refractivity contribution in [3.05, 3.63) is 285 Å². The Bertz CT molecular complexity index is 5260. The Balaban J connectivity index is 0.000000291. The normalized spacial score (nSPS) is 9.86. The number of benzene rings is 7. The van der Waals surface area contributed by atoms with E-state index in [1.54, 1.807) is 76.6 Å². The zero-order valence-electron chi connectivity index (χ0n) is 58.4. The van der Waals surface area contributed by atoms with Crippen molar-refractivity contribution in [1.82, 2.24) is 48.8 Å². The van der Waals surface area contributed by atoms with Crippen molar-refractivity contribution in [2.45, 2.75) is 21.3 Å². The maximum atomic E-state index is 12.3. The number of nitrogens with zero attached hydrogens (tertiary/aromatic N) is 10. The number of ketones is 4. The average molecular weight is 1640 g/mol. The van der Waals surface area contributed by atoms with Crippen LogP contribution in [-0.2, 0) is 52.3 Å². The summed E-state index contributed by atoms with van der Waals surface area (Å²) in [6, 6.07) is 52.2. The van der Waals surface area contributed by atoms with E-state index in [0.717, 1.165) is 66.5 Å². The maximum absolute atomic E-state index is 12.3. The number of hydrogen-bond acceptors (Lipinski definition) is 20. The van der Waals surface area contributed by atoms with Gasteiger partial charge in [-0.2, -0.15) is 20.4 Å². The van der Waals surface area contributed by atoms with Crippen LogP contribution in [0.5, 0.6) is 0 Å². The molecule has 1 amide bonds. The SMILES string of the molecule is C.CCOC(=O)C(=O)Cl.CCOC(=O)C(=O)c1ccc(Cl)cc1.Clc1ccccc1.Cn1cc(-c2cc3c(-c4ccc(N)cc4)ncnn3c2)cn1.Cn1cc(-c2cc3c(-c4ccc(NC(=O)C(=O)c5ccc(Cl)cc5)cc4)ncnn3c2)cn1.O=C(Cl)C(=O)c1ccc(Cl)cc1.O=C(O)C(=O)c1ccc(Cl)cc1.[Li+].[OH-]. The minimum absolute atomic E-state index is 0. The van der Waals surface area contributed by atoms with Gasteiger partial charge in [-0.05, 0) is 183 Å². The number of carboxylic acids is 1. The van der Waals surface area contributed by atoms with Gasteiger partial charge in [0.2, 0.25) is 5.78 Å². The van der Waals surface area contributed by atoms with Crippen LogP contribution in [0.1, 0.15) is 62.7 Å². The van der Waals surface area contributed by atoms with E-state index in [1.807, 2.05) is 122 Å². The first-order valence-corrected chi connectivity index (χ1v) is 34.1. The Morgan fingerprint density at radius 3 is 1.13 bits per heavy atom. The molecule has 34 heteroatoms. The molecular formula is C77H64Cl7LiN12O14. The first kappa shape index (κ1) is 91.9. The van der Waals surface area contributed by atoms with Crippen LogP contribution in [-0.4, -0.2) is 130 Å². The third kappa shape index (κ3) is 28.1. The van der Waals surface area contributed by atoms with Crippen molar-refractivity contribution in [2.24, 2.45) is 14.1 Å². The van der Waals surface area contributed by atoms with Crippen molar-refractivity contribution in [2.75, 3.05) is 24.3 Å². The molecule has 7 aromatic carbocycles. The molecule has 0 fully saturated rings. The van der Waals surface area contributed by atoms with Crippen LogP contribution in [0.3, 0.4) is 0 Å². The number of rotatable bonds is 16. The monoisotopic (exact) mass is 1630 g/mol. The van der Waals surface area contributed by atoms with E-state index in [-0.39, 0.29) is 67.2 Å². The van der Waals surface area contributed by atoms with Crippen LogP contribution >= 0.6 is 81.2 Å². The molecule has 13 rings (SSSR count). The average Bonchev–Trinajstić information content (AvgIpc) is 1.65. The Labute approximate surface area is 681 Å². The predicted molar refractivity (Wildman–Crippen MR) is 420 cm³/mol. The fourth-order valence-electron chi connectivity index (χ4n) is 8.99. The number of esters is 2. The summed E-state index contributed by atoms with van der Waals surface area (Å²) in [5.74, 6) is -6.93. The summed E-state index contributed by atoms with van der Waals surface area (Å²) in [6.45, 7) is 3.61. The Morgan fingerprint density at radius 2 is 0.793 bits per heavy atom. The zero-order chi connectivity index (χ0) is 78.6. The van der Waals surface area contributed by atoms with E-state index in [9.17, 15) is 47.9 Å². The number of anilines is 2. The van der Waals surface area contributed by atoms with Gasteiger partial charge in [-0.3, -0.25) is 42.9 Å². The van der Waals surface area contributed by atoms with E-state index in [2.05, 4.69) is 51.2 Å². The van der Waals surface area contributed by atoms with Gasteiger partial charge in [0.1, 0.15) is 12.7 Å². The Hall–Kier alpha value is -11.5. The van der Waals surface area contributed by atoms with Crippen LogP contribution in [0.25, 0.3) is 55.8 Å². The van der Waals surface area contributed by atoms with E-state index in [1.165, 1.54) is 79.1 Å². The number of nitrogens with one attached hydrogen (secondary N) is 1. The molecule has 6 heterocycles. The number of amides is 1. The number of Topliss-reactive ketones (excluding diaryl/α,β-unsaturated/α-hetero) is 4. The van der Waals surface area contributed by atoms with Gasteiger partial charge in [-0.15, -0.1) is 0 Å². The second-order valence-corrected chi connectivity index (χ2v) is 24.6. The van der Waals surface area contributed by atoms with Crippen molar-refractivity contribution in [1.29, 1.82) is 0 Å². The van der Waals surface area contributed by atoms with E-state index in [0.29, 0.717) is 25.8 Å². The number of aromatic nitrogens is 10. The molecule has 566 valence electrons. The molecule has 0 saturated carbocycles. The number of hydrogen-bond donors (Lipinski definition) is 3. The number of carboxylic acid groups (broad SMARTS) is 1. The van der Waals surface area contributed by atoms with E-state index < -0.39 is 57.4 Å². The van der Waals surface area contributed by atoms with E-state index in [4.69, 9.17) is 92.0 Å². The Morgan fingerprint density at radius 1 is 0.432 bits per heavy atom. The Kier molecular flexibility index (Phi) is 37.6. The zero-order valence-corrected chi connectivity index (χ0v) is 63.7. The first-order chi connectivity index (χ1) is 51.6. The summed E-state index contributed by atoms with van der Waals surface area (Å²) >= 11 is 37.8. The molecule has 0 aliphatic carbocycles. The van der Waals surface area contributed by atoms with Gasteiger partial charge in [0.05, 0.1) is 48.0 Å². The number of carbonyl (C=O) groups is 10. The third-order valence-electron chi connectivity index (χ3n) is 14.1.